The van der Waals surface area contributed by atoms with Crippen LogP contribution in [0.25, 0.3) is 0 Å². The summed E-state index contributed by atoms with van der Waals surface area (Å²) in [5.41, 5.74) is 0. The van der Waals surface area contributed by atoms with Crippen LogP contribution in [0.15, 0.2) is 17.5 Å². The molecule has 1 aromatic rings. The summed E-state index contributed by atoms with van der Waals surface area (Å²) in [4.78, 5) is 1.02. The first-order valence-corrected chi connectivity index (χ1v) is 3.75. The second-order valence-corrected chi connectivity index (χ2v) is 2.62. The van der Waals surface area contributed by atoms with Gasteiger partial charge < -0.3 is 9.47 Å². The summed E-state index contributed by atoms with van der Waals surface area (Å²) in [6.45, 7) is 0. The summed E-state index contributed by atoms with van der Waals surface area (Å²) in [6.07, 6.45) is 0.579. The molecule has 3 heteroatoms. The molecule has 0 amide bonds. The standard InChI is InChI=1S/C7H9O2S/c1-8-7(9-2)6-4-3-5-10-6/h3-5H,1-2H3. The highest BCUT2D eigenvalue weighted by molar-refractivity contribution is 7.10. The Hall–Kier alpha value is -0.380. The number of rotatable bonds is 3. The summed E-state index contributed by atoms with van der Waals surface area (Å²) in [5.74, 6) is 0. The van der Waals surface area contributed by atoms with Gasteiger partial charge in [-0.25, -0.2) is 0 Å². The number of thiophene rings is 1. The van der Waals surface area contributed by atoms with Crippen LogP contribution in [-0.2, 0) is 9.47 Å². The second kappa shape index (κ2) is 3.71. The lowest BCUT2D eigenvalue weighted by atomic mass is 10.4. The van der Waals surface area contributed by atoms with E-state index >= 15 is 0 Å². The Morgan fingerprint density at radius 2 is 2.10 bits per heavy atom. The topological polar surface area (TPSA) is 18.5 Å². The first kappa shape index (κ1) is 7.72. The summed E-state index contributed by atoms with van der Waals surface area (Å²) >= 11 is 1.59. The third-order valence-corrected chi connectivity index (χ3v) is 1.94. The van der Waals surface area contributed by atoms with Gasteiger partial charge >= 0.3 is 0 Å². The predicted octanol–water partition coefficient (Wildman–Crippen LogP) is 1.88. The van der Waals surface area contributed by atoms with Gasteiger partial charge in [-0.15, -0.1) is 11.3 Å². The molecule has 0 fully saturated rings. The molecule has 0 aliphatic heterocycles. The van der Waals surface area contributed by atoms with E-state index < -0.39 is 0 Å². The fourth-order valence-corrected chi connectivity index (χ4v) is 1.40. The molecule has 0 N–H and O–H groups in total. The number of methoxy groups -OCH3 is 2. The highest BCUT2D eigenvalue weighted by Crippen LogP contribution is 2.20. The fourth-order valence-electron chi connectivity index (χ4n) is 0.679. The Kier molecular flexibility index (Phi) is 2.86. The molecule has 0 spiro atoms. The second-order valence-electron chi connectivity index (χ2n) is 1.67. The van der Waals surface area contributed by atoms with Crippen LogP contribution >= 0.6 is 11.3 Å². The van der Waals surface area contributed by atoms with E-state index in [1.807, 2.05) is 17.5 Å². The van der Waals surface area contributed by atoms with Crippen LogP contribution in [0.5, 0.6) is 0 Å². The lowest BCUT2D eigenvalue weighted by Crippen LogP contribution is -2.01. The minimum Gasteiger partial charge on any atom is -0.344 e. The number of ether oxygens (including phenoxy) is 2. The van der Waals surface area contributed by atoms with Gasteiger partial charge in [-0.05, 0) is 11.4 Å². The van der Waals surface area contributed by atoms with Crippen molar-refractivity contribution in [2.45, 2.75) is 0 Å². The first-order valence-electron chi connectivity index (χ1n) is 2.87. The van der Waals surface area contributed by atoms with E-state index in [0.717, 1.165) is 4.88 Å². The molecule has 10 heavy (non-hydrogen) atoms. The van der Waals surface area contributed by atoms with Crippen molar-refractivity contribution in [3.05, 3.63) is 28.7 Å². The zero-order chi connectivity index (χ0) is 7.40. The van der Waals surface area contributed by atoms with E-state index in [2.05, 4.69) is 0 Å². The molecule has 0 unspecified atom stereocenters. The van der Waals surface area contributed by atoms with Crippen molar-refractivity contribution >= 4 is 11.3 Å². The lowest BCUT2D eigenvalue weighted by molar-refractivity contribution is 0.0290. The molecule has 1 rings (SSSR count). The van der Waals surface area contributed by atoms with E-state index in [1.54, 1.807) is 25.6 Å². The van der Waals surface area contributed by atoms with Crippen molar-refractivity contribution in [2.75, 3.05) is 14.2 Å². The van der Waals surface area contributed by atoms with Crippen LogP contribution in [0, 0.1) is 6.29 Å². The van der Waals surface area contributed by atoms with Crippen molar-refractivity contribution in [1.82, 2.24) is 0 Å². The lowest BCUT2D eigenvalue weighted by Gasteiger charge is -2.07. The Labute approximate surface area is 64.4 Å². The van der Waals surface area contributed by atoms with Crippen LogP contribution < -0.4 is 0 Å². The molecule has 1 aromatic heterocycles. The van der Waals surface area contributed by atoms with Gasteiger partial charge in [0.05, 0.1) is 4.88 Å². The summed E-state index contributed by atoms with van der Waals surface area (Å²) in [6, 6.07) is 3.91. The molecule has 0 atom stereocenters. The van der Waals surface area contributed by atoms with Crippen LogP contribution in [0.2, 0.25) is 0 Å². The van der Waals surface area contributed by atoms with Gasteiger partial charge in [0.2, 0.25) is 0 Å². The van der Waals surface area contributed by atoms with Crippen molar-refractivity contribution < 1.29 is 9.47 Å². The molecule has 0 aliphatic rings. The molecule has 0 bridgehead atoms. The summed E-state index contributed by atoms with van der Waals surface area (Å²) in [7, 11) is 3.19. The highest BCUT2D eigenvalue weighted by Gasteiger charge is 2.10. The van der Waals surface area contributed by atoms with Crippen molar-refractivity contribution in [1.29, 1.82) is 0 Å². The van der Waals surface area contributed by atoms with Crippen LogP contribution in [0.4, 0.5) is 0 Å². The van der Waals surface area contributed by atoms with E-state index in [0.29, 0.717) is 6.29 Å². The third-order valence-electron chi connectivity index (χ3n) is 1.09. The minimum atomic E-state index is 0.579. The maximum Gasteiger partial charge on any atom is 0.265 e. The quantitative estimate of drug-likeness (QED) is 0.667. The molecule has 0 saturated carbocycles. The molecular weight excluding hydrogens is 148 g/mol. The summed E-state index contributed by atoms with van der Waals surface area (Å²) < 4.78 is 9.90. The molecule has 0 saturated heterocycles. The maximum absolute atomic E-state index is 4.95. The minimum absolute atomic E-state index is 0.579. The van der Waals surface area contributed by atoms with E-state index in [4.69, 9.17) is 9.47 Å². The van der Waals surface area contributed by atoms with Gasteiger partial charge in [0, 0.05) is 14.2 Å². The molecule has 1 radical (unpaired) electrons. The van der Waals surface area contributed by atoms with Crippen molar-refractivity contribution in [2.24, 2.45) is 0 Å². The predicted molar refractivity (Wildman–Crippen MR) is 40.7 cm³/mol. The summed E-state index contributed by atoms with van der Waals surface area (Å²) in [5, 5.41) is 1.98. The number of hydrogen-bond acceptors (Lipinski definition) is 3. The molecule has 0 aromatic carbocycles. The monoisotopic (exact) mass is 157 g/mol. The molecule has 0 aliphatic carbocycles. The van der Waals surface area contributed by atoms with Crippen LogP contribution in [0.1, 0.15) is 4.88 Å². The van der Waals surface area contributed by atoms with E-state index in [-0.39, 0.29) is 0 Å². The Morgan fingerprint density at radius 3 is 2.50 bits per heavy atom. The average molecular weight is 157 g/mol. The van der Waals surface area contributed by atoms with Gasteiger partial charge in [0.25, 0.3) is 6.29 Å². The molecular formula is C7H9O2S. The molecule has 2 nitrogen and oxygen atoms in total. The van der Waals surface area contributed by atoms with Gasteiger partial charge in [-0.2, -0.15) is 0 Å². The largest absolute Gasteiger partial charge is 0.344 e. The zero-order valence-corrected chi connectivity index (χ0v) is 6.77. The normalized spacial score (nSPS) is 10.7. The average Bonchev–Trinajstić information content (AvgIpc) is 2.43. The van der Waals surface area contributed by atoms with Crippen molar-refractivity contribution in [3.63, 3.8) is 0 Å². The highest BCUT2D eigenvalue weighted by atomic mass is 32.1. The Morgan fingerprint density at radius 1 is 1.40 bits per heavy atom. The Balaban J connectivity index is 2.64. The van der Waals surface area contributed by atoms with E-state index in [9.17, 15) is 0 Å². The van der Waals surface area contributed by atoms with E-state index in [1.165, 1.54) is 0 Å². The van der Waals surface area contributed by atoms with Gasteiger partial charge in [0.15, 0.2) is 0 Å². The van der Waals surface area contributed by atoms with Gasteiger partial charge in [-0.1, -0.05) is 6.07 Å². The Bertz CT molecular complexity index is 168. The van der Waals surface area contributed by atoms with Crippen LogP contribution in [0.3, 0.4) is 0 Å². The fraction of sp³-hybridized carbons (Fsp3) is 0.286. The van der Waals surface area contributed by atoms with Gasteiger partial charge in [-0.3, -0.25) is 0 Å². The SMILES string of the molecule is CO[C](OC)c1cccs1. The third kappa shape index (κ3) is 1.56. The van der Waals surface area contributed by atoms with Crippen molar-refractivity contribution in [3.8, 4) is 0 Å². The number of hydrogen-bond donors (Lipinski definition) is 0. The van der Waals surface area contributed by atoms with Crippen LogP contribution in [-0.4, -0.2) is 14.2 Å². The smallest absolute Gasteiger partial charge is 0.265 e. The molecule has 55 valence electrons. The zero-order valence-electron chi connectivity index (χ0n) is 5.96. The van der Waals surface area contributed by atoms with Gasteiger partial charge in [0.1, 0.15) is 0 Å². The maximum atomic E-state index is 4.95. The first-order chi connectivity index (χ1) is 4.88. The molecule has 1 heterocycles.